The van der Waals surface area contributed by atoms with Gasteiger partial charge in [-0.25, -0.2) is 4.39 Å². The largest absolute Gasteiger partial charge is 0.469 e. The first-order chi connectivity index (χ1) is 6.54. The van der Waals surface area contributed by atoms with E-state index >= 15 is 0 Å². The van der Waals surface area contributed by atoms with E-state index in [-0.39, 0.29) is 12.0 Å². The molecule has 0 unspecified atom stereocenters. The van der Waals surface area contributed by atoms with Crippen molar-refractivity contribution < 1.29 is 13.9 Å². The maximum Gasteiger partial charge on any atom is 0.310 e. The Balaban J connectivity index is 2.98. The summed E-state index contributed by atoms with van der Waals surface area (Å²) in [7, 11) is 1.26. The first kappa shape index (κ1) is 11.0. The van der Waals surface area contributed by atoms with Crippen molar-refractivity contribution in [3.8, 4) is 0 Å². The van der Waals surface area contributed by atoms with E-state index in [0.29, 0.717) is 10.6 Å². The summed E-state index contributed by atoms with van der Waals surface area (Å²) in [6, 6.07) is 2.75. The molecule has 0 atom stereocenters. The average Bonchev–Trinajstić information content (AvgIpc) is 2.14. The number of hydrogen-bond acceptors (Lipinski definition) is 2. The maximum absolute atomic E-state index is 13.3. The van der Waals surface area contributed by atoms with Gasteiger partial charge in [-0.15, -0.1) is 0 Å². The van der Waals surface area contributed by atoms with E-state index in [4.69, 9.17) is 11.6 Å². The lowest BCUT2D eigenvalue weighted by Crippen LogP contribution is -2.06. The second-order valence-corrected chi connectivity index (χ2v) is 3.35. The molecule has 0 N–H and O–H groups in total. The summed E-state index contributed by atoms with van der Waals surface area (Å²) >= 11 is 5.79. The van der Waals surface area contributed by atoms with Crippen LogP contribution in [0.15, 0.2) is 12.1 Å². The van der Waals surface area contributed by atoms with E-state index in [0.717, 1.165) is 0 Å². The van der Waals surface area contributed by atoms with E-state index < -0.39 is 11.8 Å². The van der Waals surface area contributed by atoms with E-state index in [1.165, 1.54) is 19.2 Å². The molecule has 1 aromatic carbocycles. The summed E-state index contributed by atoms with van der Waals surface area (Å²) in [6.45, 7) is 1.70. The van der Waals surface area contributed by atoms with Gasteiger partial charge >= 0.3 is 5.97 Å². The number of ether oxygens (including phenoxy) is 1. The van der Waals surface area contributed by atoms with E-state index in [1.807, 2.05) is 0 Å². The maximum atomic E-state index is 13.3. The molecule has 0 bridgehead atoms. The van der Waals surface area contributed by atoms with Crippen molar-refractivity contribution in [1.29, 1.82) is 0 Å². The molecular weight excluding hydrogens is 207 g/mol. The number of carbonyl (C=O) groups excluding carboxylic acids is 1. The van der Waals surface area contributed by atoms with Crippen molar-refractivity contribution >= 4 is 17.6 Å². The number of benzene rings is 1. The molecule has 76 valence electrons. The van der Waals surface area contributed by atoms with Gasteiger partial charge in [0.2, 0.25) is 0 Å². The Morgan fingerprint density at radius 1 is 1.57 bits per heavy atom. The summed E-state index contributed by atoms with van der Waals surface area (Å²) in [5.41, 5.74) is 0.908. The van der Waals surface area contributed by atoms with E-state index in [1.54, 1.807) is 6.92 Å². The minimum atomic E-state index is -0.483. The van der Waals surface area contributed by atoms with Gasteiger partial charge in [0.25, 0.3) is 0 Å². The Hall–Kier alpha value is -1.09. The monoisotopic (exact) mass is 216 g/mol. The second-order valence-electron chi connectivity index (χ2n) is 2.95. The predicted molar refractivity (Wildman–Crippen MR) is 51.9 cm³/mol. The fourth-order valence-electron chi connectivity index (χ4n) is 1.05. The van der Waals surface area contributed by atoms with Crippen molar-refractivity contribution in [1.82, 2.24) is 0 Å². The normalized spacial score (nSPS) is 10.0. The quantitative estimate of drug-likeness (QED) is 0.710. The molecule has 0 saturated carbocycles. The molecule has 1 rings (SSSR count). The van der Waals surface area contributed by atoms with Crippen LogP contribution in [0.2, 0.25) is 5.02 Å². The summed E-state index contributed by atoms with van der Waals surface area (Å²) < 4.78 is 17.7. The zero-order chi connectivity index (χ0) is 10.7. The molecular formula is C10H10ClFO2. The third-order valence-electron chi connectivity index (χ3n) is 1.89. The molecule has 0 spiro atoms. The van der Waals surface area contributed by atoms with Crippen molar-refractivity contribution in [2.45, 2.75) is 13.3 Å². The molecule has 0 heterocycles. The number of halogens is 2. The van der Waals surface area contributed by atoms with Gasteiger partial charge in [0, 0.05) is 10.6 Å². The summed E-state index contributed by atoms with van der Waals surface area (Å²) in [6.07, 6.45) is -0.0949. The van der Waals surface area contributed by atoms with Crippen LogP contribution in [0, 0.1) is 12.7 Å². The van der Waals surface area contributed by atoms with Crippen LogP contribution in [0.1, 0.15) is 11.1 Å². The summed E-state index contributed by atoms with van der Waals surface area (Å²) in [5, 5.41) is 0.449. The van der Waals surface area contributed by atoms with Gasteiger partial charge in [-0.1, -0.05) is 11.6 Å². The minimum absolute atomic E-state index is 0.0949. The van der Waals surface area contributed by atoms with Crippen LogP contribution in [0.5, 0.6) is 0 Å². The van der Waals surface area contributed by atoms with Gasteiger partial charge in [0.1, 0.15) is 5.82 Å². The first-order valence-electron chi connectivity index (χ1n) is 4.06. The van der Waals surface area contributed by atoms with Crippen molar-refractivity contribution in [3.63, 3.8) is 0 Å². The second kappa shape index (κ2) is 4.42. The Kier molecular flexibility index (Phi) is 3.47. The van der Waals surface area contributed by atoms with Crippen LogP contribution in [-0.4, -0.2) is 13.1 Å². The Labute approximate surface area is 86.6 Å². The summed E-state index contributed by atoms with van der Waals surface area (Å²) in [5.74, 6) is -0.916. The van der Waals surface area contributed by atoms with Gasteiger partial charge < -0.3 is 4.74 Å². The highest BCUT2D eigenvalue weighted by molar-refractivity contribution is 6.31. The van der Waals surface area contributed by atoms with Gasteiger partial charge in [-0.2, -0.15) is 0 Å². The number of methoxy groups -OCH3 is 1. The summed E-state index contributed by atoms with van der Waals surface area (Å²) in [4.78, 5) is 10.9. The third kappa shape index (κ3) is 2.45. The molecule has 0 radical (unpaired) electrons. The Bertz CT molecular complexity index is 363. The fourth-order valence-corrected chi connectivity index (χ4v) is 1.24. The minimum Gasteiger partial charge on any atom is -0.469 e. The Morgan fingerprint density at radius 2 is 2.21 bits per heavy atom. The molecule has 0 aliphatic carbocycles. The Morgan fingerprint density at radius 3 is 2.79 bits per heavy atom. The lowest BCUT2D eigenvalue weighted by molar-refractivity contribution is -0.139. The van der Waals surface area contributed by atoms with Crippen LogP contribution in [-0.2, 0) is 16.0 Å². The number of aryl methyl sites for hydroxylation is 1. The van der Waals surface area contributed by atoms with Crippen molar-refractivity contribution in [3.05, 3.63) is 34.1 Å². The smallest absolute Gasteiger partial charge is 0.310 e. The standard InChI is InChI=1S/C10H10ClFO2/c1-6-3-9(12)7(4-8(6)11)5-10(13)14-2/h3-4H,5H2,1-2H3. The highest BCUT2D eigenvalue weighted by Crippen LogP contribution is 2.20. The van der Waals surface area contributed by atoms with E-state index in [9.17, 15) is 9.18 Å². The van der Waals surface area contributed by atoms with Crippen LogP contribution >= 0.6 is 11.6 Å². The topological polar surface area (TPSA) is 26.3 Å². The van der Waals surface area contributed by atoms with Gasteiger partial charge in [-0.3, -0.25) is 4.79 Å². The van der Waals surface area contributed by atoms with Crippen LogP contribution in [0.3, 0.4) is 0 Å². The number of esters is 1. The molecule has 14 heavy (non-hydrogen) atoms. The van der Waals surface area contributed by atoms with Crippen molar-refractivity contribution in [2.24, 2.45) is 0 Å². The van der Waals surface area contributed by atoms with Crippen molar-refractivity contribution in [2.75, 3.05) is 7.11 Å². The fraction of sp³-hybridized carbons (Fsp3) is 0.300. The molecule has 0 aromatic heterocycles. The predicted octanol–water partition coefficient (Wildman–Crippen LogP) is 2.50. The zero-order valence-corrected chi connectivity index (χ0v) is 8.69. The molecule has 4 heteroatoms. The number of hydrogen-bond donors (Lipinski definition) is 0. The molecule has 0 aliphatic heterocycles. The highest BCUT2D eigenvalue weighted by atomic mass is 35.5. The average molecular weight is 217 g/mol. The molecule has 0 aliphatic rings. The SMILES string of the molecule is COC(=O)Cc1cc(Cl)c(C)cc1F. The lowest BCUT2D eigenvalue weighted by atomic mass is 10.1. The lowest BCUT2D eigenvalue weighted by Gasteiger charge is -2.04. The third-order valence-corrected chi connectivity index (χ3v) is 2.30. The molecule has 2 nitrogen and oxygen atoms in total. The van der Waals surface area contributed by atoms with Gasteiger partial charge in [-0.05, 0) is 24.6 Å². The molecule has 0 amide bonds. The van der Waals surface area contributed by atoms with Crippen LogP contribution in [0.4, 0.5) is 4.39 Å². The van der Waals surface area contributed by atoms with Gasteiger partial charge in [0.05, 0.1) is 13.5 Å². The van der Waals surface area contributed by atoms with Crippen LogP contribution in [0.25, 0.3) is 0 Å². The number of rotatable bonds is 2. The van der Waals surface area contributed by atoms with Crippen LogP contribution < -0.4 is 0 Å². The molecule has 0 saturated heterocycles. The molecule has 1 aromatic rings. The zero-order valence-electron chi connectivity index (χ0n) is 7.93. The molecule has 0 fully saturated rings. The highest BCUT2D eigenvalue weighted by Gasteiger charge is 2.10. The number of carbonyl (C=O) groups is 1. The first-order valence-corrected chi connectivity index (χ1v) is 4.43. The van der Waals surface area contributed by atoms with Gasteiger partial charge in [0.15, 0.2) is 0 Å². The van der Waals surface area contributed by atoms with E-state index in [2.05, 4.69) is 4.74 Å².